The van der Waals surface area contributed by atoms with Gasteiger partial charge in [-0.3, -0.25) is 9.69 Å². The Morgan fingerprint density at radius 3 is 2.89 bits per heavy atom. The van der Waals surface area contributed by atoms with Crippen LogP contribution in [0.5, 0.6) is 0 Å². The molecule has 1 aliphatic rings. The van der Waals surface area contributed by atoms with Gasteiger partial charge in [0.25, 0.3) is 5.91 Å². The molecule has 1 unspecified atom stereocenters. The average molecular weight is 284 g/mol. The van der Waals surface area contributed by atoms with Crippen LogP contribution in [0.2, 0.25) is 5.15 Å². The fourth-order valence-corrected chi connectivity index (χ4v) is 2.15. The molecule has 0 radical (unpaired) electrons. The molecule has 1 aromatic rings. The molecule has 1 atom stereocenters. The fraction of sp³-hybridized carbons (Fsp3) is 0.538. The molecule has 0 spiro atoms. The number of rotatable bonds is 4. The van der Waals surface area contributed by atoms with E-state index in [1.807, 2.05) is 6.92 Å². The largest absolute Gasteiger partial charge is 0.379 e. The summed E-state index contributed by atoms with van der Waals surface area (Å²) < 4.78 is 5.29. The summed E-state index contributed by atoms with van der Waals surface area (Å²) in [5.74, 6) is -0.120. The number of carbonyl (C=O) groups excluding carboxylic acids is 1. The maximum Gasteiger partial charge on any atom is 0.253 e. The van der Waals surface area contributed by atoms with Crippen LogP contribution in [0.25, 0.3) is 0 Å². The van der Waals surface area contributed by atoms with Crippen molar-refractivity contribution in [1.29, 1.82) is 0 Å². The Hall–Kier alpha value is -1.17. The third kappa shape index (κ3) is 4.45. The molecule has 6 heteroatoms. The standard InChI is InChI=1S/C13H18ClN3O2/c1-10(9-17-4-6-19-7-5-17)16-13(18)11-2-3-12(14)15-8-11/h2-3,8,10H,4-7,9H2,1H3,(H,16,18). The van der Waals surface area contributed by atoms with Crippen molar-refractivity contribution in [3.63, 3.8) is 0 Å². The van der Waals surface area contributed by atoms with Crippen LogP contribution in [0.4, 0.5) is 0 Å². The van der Waals surface area contributed by atoms with E-state index in [2.05, 4.69) is 15.2 Å². The Balaban J connectivity index is 1.82. The number of hydrogen-bond acceptors (Lipinski definition) is 4. The molecule has 1 amide bonds. The van der Waals surface area contributed by atoms with Gasteiger partial charge in [-0.05, 0) is 19.1 Å². The molecule has 0 saturated carbocycles. The first-order chi connectivity index (χ1) is 9.15. The molecule has 1 saturated heterocycles. The highest BCUT2D eigenvalue weighted by molar-refractivity contribution is 6.29. The topological polar surface area (TPSA) is 54.5 Å². The average Bonchev–Trinajstić information content (AvgIpc) is 2.40. The fourth-order valence-electron chi connectivity index (χ4n) is 2.03. The second-order valence-corrected chi connectivity index (χ2v) is 5.04. The summed E-state index contributed by atoms with van der Waals surface area (Å²) in [4.78, 5) is 18.2. The number of amides is 1. The lowest BCUT2D eigenvalue weighted by Gasteiger charge is -2.29. The van der Waals surface area contributed by atoms with Crippen LogP contribution in [-0.2, 0) is 4.74 Å². The molecule has 104 valence electrons. The number of carbonyl (C=O) groups is 1. The second-order valence-electron chi connectivity index (χ2n) is 4.66. The maximum atomic E-state index is 12.0. The van der Waals surface area contributed by atoms with Gasteiger partial charge in [-0.15, -0.1) is 0 Å². The van der Waals surface area contributed by atoms with Crippen molar-refractivity contribution < 1.29 is 9.53 Å². The van der Waals surface area contributed by atoms with E-state index >= 15 is 0 Å². The Kier molecular flexibility index (Phi) is 5.13. The van der Waals surface area contributed by atoms with E-state index in [0.29, 0.717) is 10.7 Å². The smallest absolute Gasteiger partial charge is 0.253 e. The van der Waals surface area contributed by atoms with Gasteiger partial charge < -0.3 is 10.1 Å². The molecule has 0 aromatic carbocycles. The molecule has 5 nitrogen and oxygen atoms in total. The van der Waals surface area contributed by atoms with Crippen molar-refractivity contribution in [2.45, 2.75) is 13.0 Å². The second kappa shape index (κ2) is 6.84. The third-order valence-electron chi connectivity index (χ3n) is 3.00. The van der Waals surface area contributed by atoms with Crippen molar-refractivity contribution in [1.82, 2.24) is 15.2 Å². The van der Waals surface area contributed by atoms with E-state index in [1.54, 1.807) is 12.1 Å². The first-order valence-electron chi connectivity index (χ1n) is 6.37. The summed E-state index contributed by atoms with van der Waals surface area (Å²) in [5.41, 5.74) is 0.526. The lowest BCUT2D eigenvalue weighted by molar-refractivity contribution is 0.0342. The molecule has 2 rings (SSSR count). The van der Waals surface area contributed by atoms with Gasteiger partial charge in [0.1, 0.15) is 5.15 Å². The summed E-state index contributed by atoms with van der Waals surface area (Å²) in [6.07, 6.45) is 1.49. The molecular formula is C13H18ClN3O2. The van der Waals surface area contributed by atoms with Gasteiger partial charge in [0.2, 0.25) is 0 Å². The van der Waals surface area contributed by atoms with Crippen molar-refractivity contribution in [3.05, 3.63) is 29.0 Å². The van der Waals surface area contributed by atoms with Gasteiger partial charge in [0.15, 0.2) is 0 Å². The van der Waals surface area contributed by atoms with Gasteiger partial charge in [-0.1, -0.05) is 11.6 Å². The quantitative estimate of drug-likeness (QED) is 0.844. The predicted molar refractivity (Wildman–Crippen MR) is 73.4 cm³/mol. The van der Waals surface area contributed by atoms with E-state index in [0.717, 1.165) is 32.8 Å². The Bertz CT molecular complexity index is 418. The van der Waals surface area contributed by atoms with Crippen LogP contribution in [0.1, 0.15) is 17.3 Å². The van der Waals surface area contributed by atoms with Crippen LogP contribution in [0.15, 0.2) is 18.3 Å². The van der Waals surface area contributed by atoms with Crippen LogP contribution in [0, 0.1) is 0 Å². The molecule has 0 bridgehead atoms. The van der Waals surface area contributed by atoms with Crippen molar-refractivity contribution in [2.24, 2.45) is 0 Å². The summed E-state index contributed by atoms with van der Waals surface area (Å²) in [5, 5.41) is 3.35. The van der Waals surface area contributed by atoms with Crippen molar-refractivity contribution >= 4 is 17.5 Å². The third-order valence-corrected chi connectivity index (χ3v) is 3.23. The van der Waals surface area contributed by atoms with Gasteiger partial charge in [-0.25, -0.2) is 4.98 Å². The normalized spacial score (nSPS) is 18.0. The molecule has 2 heterocycles. The molecule has 1 aromatic heterocycles. The minimum Gasteiger partial charge on any atom is -0.379 e. The highest BCUT2D eigenvalue weighted by Gasteiger charge is 2.15. The Labute approximate surface area is 117 Å². The molecule has 1 aliphatic heterocycles. The van der Waals surface area contributed by atoms with E-state index < -0.39 is 0 Å². The Morgan fingerprint density at radius 2 is 2.26 bits per heavy atom. The van der Waals surface area contributed by atoms with Crippen LogP contribution < -0.4 is 5.32 Å². The Morgan fingerprint density at radius 1 is 1.53 bits per heavy atom. The highest BCUT2D eigenvalue weighted by atomic mass is 35.5. The molecule has 0 aliphatic carbocycles. The predicted octanol–water partition coefficient (Wildman–Crippen LogP) is 1.19. The molecule has 1 N–H and O–H groups in total. The number of nitrogens with zero attached hydrogens (tertiary/aromatic N) is 2. The zero-order chi connectivity index (χ0) is 13.7. The van der Waals surface area contributed by atoms with Gasteiger partial charge in [0.05, 0.1) is 18.8 Å². The summed E-state index contributed by atoms with van der Waals surface area (Å²) in [6.45, 7) is 6.20. The summed E-state index contributed by atoms with van der Waals surface area (Å²) in [6, 6.07) is 3.37. The van der Waals surface area contributed by atoms with E-state index in [1.165, 1.54) is 6.20 Å². The molecule has 19 heavy (non-hydrogen) atoms. The number of halogens is 1. The van der Waals surface area contributed by atoms with E-state index in [9.17, 15) is 4.79 Å². The molecular weight excluding hydrogens is 266 g/mol. The van der Waals surface area contributed by atoms with Crippen LogP contribution in [0.3, 0.4) is 0 Å². The zero-order valence-electron chi connectivity index (χ0n) is 10.9. The van der Waals surface area contributed by atoms with Gasteiger partial charge in [-0.2, -0.15) is 0 Å². The number of pyridine rings is 1. The lowest BCUT2D eigenvalue weighted by atomic mass is 10.2. The minimum atomic E-state index is -0.120. The summed E-state index contributed by atoms with van der Waals surface area (Å²) in [7, 11) is 0. The monoisotopic (exact) mass is 283 g/mol. The minimum absolute atomic E-state index is 0.0845. The van der Waals surface area contributed by atoms with E-state index in [-0.39, 0.29) is 11.9 Å². The SMILES string of the molecule is CC(CN1CCOCC1)NC(=O)c1ccc(Cl)nc1. The van der Waals surface area contributed by atoms with E-state index in [4.69, 9.17) is 16.3 Å². The number of ether oxygens (including phenoxy) is 1. The number of morpholine rings is 1. The van der Waals surface area contributed by atoms with Crippen molar-refractivity contribution in [3.8, 4) is 0 Å². The molecule has 1 fully saturated rings. The first-order valence-corrected chi connectivity index (χ1v) is 6.75. The number of aromatic nitrogens is 1. The van der Waals surface area contributed by atoms with Crippen molar-refractivity contribution in [2.75, 3.05) is 32.8 Å². The van der Waals surface area contributed by atoms with Crippen LogP contribution in [-0.4, -0.2) is 54.7 Å². The van der Waals surface area contributed by atoms with Gasteiger partial charge >= 0.3 is 0 Å². The first kappa shape index (κ1) is 14.2. The summed E-state index contributed by atoms with van der Waals surface area (Å²) >= 11 is 5.69. The van der Waals surface area contributed by atoms with Crippen LogP contribution >= 0.6 is 11.6 Å². The zero-order valence-corrected chi connectivity index (χ0v) is 11.7. The number of hydrogen-bond donors (Lipinski definition) is 1. The lowest BCUT2D eigenvalue weighted by Crippen LogP contribution is -2.46. The van der Waals surface area contributed by atoms with Gasteiger partial charge in [0, 0.05) is 31.9 Å². The number of nitrogens with one attached hydrogen (secondary N) is 1. The highest BCUT2D eigenvalue weighted by Crippen LogP contribution is 2.06. The maximum absolute atomic E-state index is 12.0.